The van der Waals surface area contributed by atoms with Crippen LogP contribution in [-0.4, -0.2) is 46.0 Å². The molecule has 21 heavy (non-hydrogen) atoms. The molecule has 120 valence electrons. The lowest BCUT2D eigenvalue weighted by molar-refractivity contribution is 0.112. The molecular formula is C10H16O9P2. The molecule has 0 aliphatic heterocycles. The molecule has 9 nitrogen and oxygen atoms in total. The van der Waals surface area contributed by atoms with Crippen LogP contribution in [-0.2, 0) is 9.13 Å². The maximum atomic E-state index is 10.4. The summed E-state index contributed by atoms with van der Waals surface area (Å²) in [6, 6.07) is 5.01. The Kier molecular flexibility index (Phi) is 7.81. The molecule has 0 saturated heterocycles. The summed E-state index contributed by atoms with van der Waals surface area (Å²) < 4.78 is 29.6. The van der Waals surface area contributed by atoms with Crippen molar-refractivity contribution in [2.24, 2.45) is 0 Å². The van der Waals surface area contributed by atoms with E-state index >= 15 is 0 Å². The van der Waals surface area contributed by atoms with E-state index in [9.17, 15) is 13.9 Å². The van der Waals surface area contributed by atoms with Crippen LogP contribution in [0.15, 0.2) is 18.2 Å². The molecule has 0 aliphatic rings. The number of methoxy groups -OCH3 is 2. The van der Waals surface area contributed by atoms with Crippen molar-refractivity contribution in [1.82, 2.24) is 0 Å². The first kappa shape index (κ1) is 19.8. The van der Waals surface area contributed by atoms with Crippen LogP contribution < -0.4 is 9.47 Å². The molecule has 0 unspecified atom stereocenters. The number of aldehydes is 1. The fraction of sp³-hybridized carbons (Fsp3) is 0.300. The van der Waals surface area contributed by atoms with Gasteiger partial charge >= 0.3 is 15.2 Å². The van der Waals surface area contributed by atoms with E-state index in [1.807, 2.05) is 0 Å². The van der Waals surface area contributed by atoms with Crippen LogP contribution in [0, 0.1) is 0 Å². The summed E-state index contributed by atoms with van der Waals surface area (Å²) in [6.07, 6.45) is 0.755. The van der Waals surface area contributed by atoms with Crippen molar-refractivity contribution in [3.8, 4) is 11.5 Å². The van der Waals surface area contributed by atoms with Crippen molar-refractivity contribution in [3.63, 3.8) is 0 Å². The first-order valence-corrected chi connectivity index (χ1v) is 8.87. The van der Waals surface area contributed by atoms with Crippen molar-refractivity contribution in [2.45, 2.75) is 0 Å². The minimum absolute atomic E-state index is 0.547. The highest BCUT2D eigenvalue weighted by atomic mass is 31.2. The zero-order valence-electron chi connectivity index (χ0n) is 11.2. The molecule has 0 aliphatic carbocycles. The summed E-state index contributed by atoms with van der Waals surface area (Å²) in [4.78, 5) is 42.3. The monoisotopic (exact) mass is 342 g/mol. The van der Waals surface area contributed by atoms with Gasteiger partial charge in [-0.25, -0.2) is 0 Å². The third-order valence-electron chi connectivity index (χ3n) is 1.88. The number of hydrogen-bond acceptors (Lipinski definition) is 5. The lowest BCUT2D eigenvalue weighted by Crippen LogP contribution is -1.89. The van der Waals surface area contributed by atoms with Gasteiger partial charge in [0, 0.05) is 11.6 Å². The van der Waals surface area contributed by atoms with Crippen LogP contribution in [0.1, 0.15) is 10.4 Å². The highest BCUT2D eigenvalue weighted by Crippen LogP contribution is 2.51. The zero-order valence-corrected chi connectivity index (χ0v) is 13.0. The maximum absolute atomic E-state index is 10.4. The summed E-state index contributed by atoms with van der Waals surface area (Å²) >= 11 is 0. The van der Waals surface area contributed by atoms with Crippen LogP contribution in [0.3, 0.4) is 0 Å². The molecule has 11 heteroatoms. The third-order valence-corrected chi connectivity index (χ3v) is 4.83. The topological polar surface area (TPSA) is 151 Å². The van der Waals surface area contributed by atoms with Crippen LogP contribution in [0.4, 0.5) is 0 Å². The average Bonchev–Trinajstić information content (AvgIpc) is 2.34. The van der Waals surface area contributed by atoms with Gasteiger partial charge in [0.2, 0.25) is 0 Å². The number of carbonyl (C=O) groups is 1. The summed E-state index contributed by atoms with van der Waals surface area (Å²) in [5.74, 6) is -0.132. The van der Waals surface area contributed by atoms with Crippen molar-refractivity contribution in [2.75, 3.05) is 20.1 Å². The Morgan fingerprint density at radius 1 is 0.952 bits per heavy atom. The first-order valence-electron chi connectivity index (χ1n) is 5.28. The van der Waals surface area contributed by atoms with E-state index in [1.165, 1.54) is 0 Å². The highest BCUT2D eigenvalue weighted by Gasteiger charge is 2.26. The fourth-order valence-corrected chi connectivity index (χ4v) is 3.06. The Balaban J connectivity index is 0.000000400. The molecule has 0 amide bonds. The molecule has 0 spiro atoms. The summed E-state index contributed by atoms with van der Waals surface area (Å²) in [5, 5.41) is 0. The van der Waals surface area contributed by atoms with Gasteiger partial charge in [-0.3, -0.25) is 13.9 Å². The molecule has 0 heterocycles. The number of hydrogen-bond donors (Lipinski definition) is 4. The second-order valence-electron chi connectivity index (χ2n) is 3.73. The molecule has 0 fully saturated rings. The molecule has 0 atom stereocenters. The number of rotatable bonds is 5. The van der Waals surface area contributed by atoms with Crippen molar-refractivity contribution in [1.29, 1.82) is 0 Å². The summed E-state index contributed by atoms with van der Waals surface area (Å²) in [6.45, 7) is 0. The van der Waals surface area contributed by atoms with Gasteiger partial charge in [-0.05, 0) is 12.1 Å². The lowest BCUT2D eigenvalue weighted by atomic mass is 10.2. The van der Waals surface area contributed by atoms with E-state index < -0.39 is 21.1 Å². The molecule has 1 aromatic rings. The van der Waals surface area contributed by atoms with Gasteiger partial charge in [0.1, 0.15) is 17.8 Å². The van der Waals surface area contributed by atoms with Crippen LogP contribution in [0.25, 0.3) is 0 Å². The van der Waals surface area contributed by atoms with Crippen molar-refractivity contribution in [3.05, 3.63) is 23.8 Å². The second kappa shape index (κ2) is 8.29. The van der Waals surface area contributed by atoms with E-state index in [1.54, 1.807) is 32.4 Å². The predicted molar refractivity (Wildman–Crippen MR) is 73.9 cm³/mol. The first-order chi connectivity index (χ1) is 9.50. The third kappa shape index (κ3) is 10.2. The Morgan fingerprint density at radius 3 is 1.52 bits per heavy atom. The Labute approximate surface area is 120 Å². The predicted octanol–water partition coefficient (Wildman–Crippen LogP) is 0.816. The molecule has 1 aromatic carbocycles. The molecule has 0 aromatic heterocycles. The van der Waals surface area contributed by atoms with Gasteiger partial charge < -0.3 is 29.0 Å². The zero-order chi connectivity index (χ0) is 16.7. The van der Waals surface area contributed by atoms with Gasteiger partial charge in [-0.15, -0.1) is 0 Å². The molecule has 0 bridgehead atoms. The Hall–Kier alpha value is -1.21. The minimum Gasteiger partial charge on any atom is -0.497 e. The average molecular weight is 342 g/mol. The Morgan fingerprint density at radius 2 is 1.33 bits per heavy atom. The lowest BCUT2D eigenvalue weighted by Gasteiger charge is -2.04. The van der Waals surface area contributed by atoms with Crippen LogP contribution in [0.2, 0.25) is 0 Å². The van der Waals surface area contributed by atoms with Gasteiger partial charge in [-0.2, -0.15) is 0 Å². The van der Waals surface area contributed by atoms with E-state index in [4.69, 9.17) is 29.0 Å². The summed E-state index contributed by atoms with van der Waals surface area (Å²) in [7, 11) is -6.01. The van der Waals surface area contributed by atoms with Crippen LogP contribution >= 0.6 is 15.2 Å². The van der Waals surface area contributed by atoms with E-state index in [0.717, 1.165) is 6.29 Å². The standard InChI is InChI=1S/C9H10O3.CH6O6P2/c1-11-8-3-7(6-10)4-9(5-8)12-2;2-8(3,4)1-9(5,6)7/h3-6H,1-2H3;1H2,(H2,2,3,4)(H2,5,6,7). The maximum Gasteiger partial charge on any atom is 0.337 e. The van der Waals surface area contributed by atoms with Gasteiger partial charge in [0.05, 0.1) is 14.2 Å². The van der Waals surface area contributed by atoms with E-state index in [2.05, 4.69) is 0 Å². The number of benzene rings is 1. The number of carbonyl (C=O) groups excluding carboxylic acids is 1. The van der Waals surface area contributed by atoms with Gasteiger partial charge in [-0.1, -0.05) is 0 Å². The molecule has 1 rings (SSSR count). The smallest absolute Gasteiger partial charge is 0.337 e. The fourth-order valence-electron chi connectivity index (χ4n) is 1.14. The van der Waals surface area contributed by atoms with Gasteiger partial charge in [0.25, 0.3) is 0 Å². The highest BCUT2D eigenvalue weighted by molar-refractivity contribution is 7.69. The second-order valence-corrected chi connectivity index (χ2v) is 7.52. The molecule has 0 radical (unpaired) electrons. The number of ether oxygens (including phenoxy) is 2. The van der Waals surface area contributed by atoms with Gasteiger partial charge in [0.15, 0.2) is 5.90 Å². The molecule has 4 N–H and O–H groups in total. The van der Waals surface area contributed by atoms with Crippen molar-refractivity contribution < 1.29 is 43.0 Å². The quantitative estimate of drug-likeness (QED) is 0.450. The van der Waals surface area contributed by atoms with E-state index in [-0.39, 0.29) is 0 Å². The van der Waals surface area contributed by atoms with Crippen molar-refractivity contribution >= 4 is 21.5 Å². The van der Waals surface area contributed by atoms with E-state index in [0.29, 0.717) is 17.1 Å². The minimum atomic E-state index is -4.55. The normalized spacial score (nSPS) is 11.1. The molecular weight excluding hydrogens is 326 g/mol. The largest absolute Gasteiger partial charge is 0.497 e. The summed E-state index contributed by atoms with van der Waals surface area (Å²) in [5.41, 5.74) is 0.547. The Bertz CT molecular complexity index is 517. The molecule has 0 saturated carbocycles. The van der Waals surface area contributed by atoms with Crippen LogP contribution in [0.5, 0.6) is 11.5 Å². The SMILES string of the molecule is COc1cc(C=O)cc(OC)c1.O=P(O)(O)CP(=O)(O)O.